The fourth-order valence-electron chi connectivity index (χ4n) is 4.99. The van der Waals surface area contributed by atoms with E-state index in [1.807, 2.05) is 37.3 Å². The third-order valence-corrected chi connectivity index (χ3v) is 7.62. The van der Waals surface area contributed by atoms with Gasteiger partial charge >= 0.3 is 0 Å². The molecule has 5 rings (SSSR count). The van der Waals surface area contributed by atoms with Gasteiger partial charge in [-0.25, -0.2) is 4.98 Å². The van der Waals surface area contributed by atoms with Crippen molar-refractivity contribution in [2.45, 2.75) is 52.5 Å². The van der Waals surface area contributed by atoms with Crippen molar-refractivity contribution in [2.24, 2.45) is 0 Å². The molecule has 1 saturated heterocycles. The van der Waals surface area contributed by atoms with Gasteiger partial charge < -0.3 is 25.3 Å². The Morgan fingerprint density at radius 3 is 2.40 bits per heavy atom. The number of aromatic amines is 1. The summed E-state index contributed by atoms with van der Waals surface area (Å²) >= 11 is 0. The van der Waals surface area contributed by atoms with Crippen molar-refractivity contribution >= 4 is 23.4 Å². The first-order valence-electron chi connectivity index (χ1n) is 14.6. The van der Waals surface area contributed by atoms with E-state index in [0.29, 0.717) is 61.0 Å². The molecule has 3 amide bonds. The summed E-state index contributed by atoms with van der Waals surface area (Å²) < 4.78 is 6.25. The molecule has 1 aromatic heterocycles. The molecule has 3 aromatic carbocycles. The summed E-state index contributed by atoms with van der Waals surface area (Å²) in [6.45, 7) is 7.73. The van der Waals surface area contributed by atoms with Crippen LogP contribution in [0.25, 0.3) is 0 Å². The average Bonchev–Trinajstić information content (AvgIpc) is 3.61. The number of carbonyl (C=O) groups excluding carboxylic acids is 3. The summed E-state index contributed by atoms with van der Waals surface area (Å²) in [4.78, 5) is 47.3. The summed E-state index contributed by atoms with van der Waals surface area (Å²) in [6, 6.07) is 20.0. The number of aromatic nitrogens is 2. The minimum Gasteiger partial charge on any atom is -0.457 e. The lowest BCUT2D eigenvalue weighted by atomic mass is 10.0. The van der Waals surface area contributed by atoms with Crippen molar-refractivity contribution in [3.63, 3.8) is 0 Å². The largest absolute Gasteiger partial charge is 0.457 e. The molecule has 0 unspecified atom stereocenters. The van der Waals surface area contributed by atoms with Crippen molar-refractivity contribution in [1.29, 1.82) is 0 Å². The number of rotatable bonds is 11. The molecule has 0 aliphatic carbocycles. The second-order valence-corrected chi connectivity index (χ2v) is 11.1. The molecule has 0 radical (unpaired) electrons. The van der Waals surface area contributed by atoms with Crippen molar-refractivity contribution in [1.82, 2.24) is 20.2 Å². The van der Waals surface area contributed by atoms with Gasteiger partial charge in [0, 0.05) is 60.5 Å². The van der Waals surface area contributed by atoms with E-state index in [1.54, 1.807) is 47.6 Å². The molecular formula is C34H37N5O4. The molecule has 43 heavy (non-hydrogen) atoms. The Morgan fingerprint density at radius 2 is 1.74 bits per heavy atom. The van der Waals surface area contributed by atoms with Gasteiger partial charge in [-0.3, -0.25) is 14.4 Å². The van der Waals surface area contributed by atoms with Crippen LogP contribution in [0.4, 0.5) is 5.69 Å². The molecule has 1 fully saturated rings. The summed E-state index contributed by atoms with van der Waals surface area (Å²) in [5.41, 5.74) is 5.56. The minimum atomic E-state index is -0.227. The molecule has 2 heterocycles. The zero-order chi connectivity index (χ0) is 30.3. The van der Waals surface area contributed by atoms with Gasteiger partial charge in [-0.05, 0) is 73.4 Å². The Balaban J connectivity index is 1.28. The number of amides is 3. The number of imidazole rings is 1. The first-order valence-corrected chi connectivity index (χ1v) is 14.6. The second-order valence-electron chi connectivity index (χ2n) is 11.1. The number of ether oxygens (including phenoxy) is 1. The molecule has 0 bridgehead atoms. The Morgan fingerprint density at radius 1 is 1.00 bits per heavy atom. The zero-order valence-electron chi connectivity index (χ0n) is 24.8. The number of benzene rings is 3. The smallest absolute Gasteiger partial charge is 0.255 e. The van der Waals surface area contributed by atoms with Gasteiger partial charge in [0.05, 0.1) is 12.0 Å². The van der Waals surface area contributed by atoms with Crippen molar-refractivity contribution < 1.29 is 19.1 Å². The Labute approximate surface area is 251 Å². The molecule has 0 saturated carbocycles. The standard InChI is InChI=1S/C34H37N5O4/c1-22(2)24-8-12-28(13-9-24)38-34(42)25-10-14-29(15-11-25)43-31-19-26(6-7-27(31)20-39-18-4-5-32(39)40)33(41)35-17-16-30-23(3)36-21-37-30/h6-15,19,21-22H,4-5,16-18,20H2,1-3H3,(H,35,41)(H,36,37)(H,38,42). The van der Waals surface area contributed by atoms with E-state index in [1.165, 1.54) is 5.56 Å². The first kappa shape index (κ1) is 29.6. The zero-order valence-corrected chi connectivity index (χ0v) is 24.8. The third kappa shape index (κ3) is 7.48. The minimum absolute atomic E-state index is 0.107. The Kier molecular flexibility index (Phi) is 9.20. The number of anilines is 1. The van der Waals surface area contributed by atoms with Crippen LogP contribution in [-0.4, -0.2) is 45.7 Å². The highest BCUT2D eigenvalue weighted by molar-refractivity contribution is 6.04. The number of nitrogens with one attached hydrogen (secondary N) is 3. The molecule has 1 aliphatic heterocycles. The van der Waals surface area contributed by atoms with E-state index in [2.05, 4.69) is 34.4 Å². The van der Waals surface area contributed by atoms with Crippen LogP contribution in [0.5, 0.6) is 11.5 Å². The number of carbonyl (C=O) groups is 3. The lowest BCUT2D eigenvalue weighted by molar-refractivity contribution is -0.128. The highest BCUT2D eigenvalue weighted by Crippen LogP contribution is 2.29. The summed E-state index contributed by atoms with van der Waals surface area (Å²) in [7, 11) is 0. The van der Waals surface area contributed by atoms with Gasteiger partial charge in [-0.1, -0.05) is 32.0 Å². The van der Waals surface area contributed by atoms with Crippen molar-refractivity contribution in [2.75, 3.05) is 18.4 Å². The van der Waals surface area contributed by atoms with Crippen LogP contribution < -0.4 is 15.4 Å². The molecule has 222 valence electrons. The van der Waals surface area contributed by atoms with Crippen molar-refractivity contribution in [3.8, 4) is 11.5 Å². The Hall–Kier alpha value is -4.92. The van der Waals surface area contributed by atoms with E-state index in [0.717, 1.165) is 29.1 Å². The van der Waals surface area contributed by atoms with E-state index in [9.17, 15) is 14.4 Å². The number of aryl methyl sites for hydroxylation is 1. The van der Waals surface area contributed by atoms with E-state index in [4.69, 9.17) is 4.74 Å². The lowest BCUT2D eigenvalue weighted by Gasteiger charge is -2.19. The molecule has 4 aromatic rings. The maximum Gasteiger partial charge on any atom is 0.255 e. The lowest BCUT2D eigenvalue weighted by Crippen LogP contribution is -2.26. The fraction of sp³-hybridized carbons (Fsp3) is 0.294. The van der Waals surface area contributed by atoms with Crippen LogP contribution in [0.3, 0.4) is 0 Å². The maximum absolute atomic E-state index is 13.0. The topological polar surface area (TPSA) is 116 Å². The SMILES string of the molecule is Cc1[nH]cnc1CCNC(=O)c1ccc(CN2CCCC2=O)c(Oc2ccc(C(=O)Nc3ccc(C(C)C)cc3)cc2)c1. The number of hydrogen-bond donors (Lipinski definition) is 3. The van der Waals surface area contributed by atoms with Crippen molar-refractivity contribution in [3.05, 3.63) is 107 Å². The van der Waals surface area contributed by atoms with Gasteiger partial charge in [0.15, 0.2) is 0 Å². The molecule has 0 atom stereocenters. The number of H-pyrrole nitrogens is 1. The quantitative estimate of drug-likeness (QED) is 0.202. The molecular weight excluding hydrogens is 542 g/mol. The fourth-order valence-corrected chi connectivity index (χ4v) is 4.99. The van der Waals surface area contributed by atoms with Crippen LogP contribution in [0.15, 0.2) is 73.1 Å². The van der Waals surface area contributed by atoms with E-state index < -0.39 is 0 Å². The summed E-state index contributed by atoms with van der Waals surface area (Å²) in [6.07, 6.45) is 3.63. The van der Waals surface area contributed by atoms with Crippen LogP contribution in [0.1, 0.15) is 75.8 Å². The van der Waals surface area contributed by atoms with Crippen LogP contribution in [0.2, 0.25) is 0 Å². The first-order chi connectivity index (χ1) is 20.8. The maximum atomic E-state index is 13.0. The number of likely N-dealkylation sites (tertiary alicyclic amines) is 1. The highest BCUT2D eigenvalue weighted by Gasteiger charge is 2.22. The molecule has 3 N–H and O–H groups in total. The normalized spacial score (nSPS) is 12.9. The summed E-state index contributed by atoms with van der Waals surface area (Å²) in [5.74, 6) is 1.07. The monoisotopic (exact) mass is 579 g/mol. The van der Waals surface area contributed by atoms with Crippen LogP contribution in [0, 0.1) is 6.92 Å². The molecule has 9 nitrogen and oxygen atoms in total. The average molecular weight is 580 g/mol. The third-order valence-electron chi connectivity index (χ3n) is 7.62. The number of nitrogens with zero attached hydrogens (tertiary/aromatic N) is 2. The van der Waals surface area contributed by atoms with Gasteiger partial charge in [0.2, 0.25) is 5.91 Å². The number of hydrogen-bond acceptors (Lipinski definition) is 5. The second kappa shape index (κ2) is 13.4. The van der Waals surface area contributed by atoms with Gasteiger partial charge in [0.25, 0.3) is 11.8 Å². The van der Waals surface area contributed by atoms with Gasteiger partial charge in [0.1, 0.15) is 11.5 Å². The predicted molar refractivity (Wildman–Crippen MR) is 165 cm³/mol. The Bertz CT molecular complexity index is 1590. The van der Waals surface area contributed by atoms with Gasteiger partial charge in [-0.15, -0.1) is 0 Å². The van der Waals surface area contributed by atoms with E-state index in [-0.39, 0.29) is 17.7 Å². The molecule has 1 aliphatic rings. The summed E-state index contributed by atoms with van der Waals surface area (Å²) in [5, 5.41) is 5.87. The highest BCUT2D eigenvalue weighted by atomic mass is 16.5. The molecule has 9 heteroatoms. The van der Waals surface area contributed by atoms with Gasteiger partial charge in [-0.2, -0.15) is 0 Å². The molecule has 0 spiro atoms. The predicted octanol–water partition coefficient (Wildman–Crippen LogP) is 5.98. The van der Waals surface area contributed by atoms with Crippen LogP contribution in [-0.2, 0) is 17.8 Å². The van der Waals surface area contributed by atoms with E-state index >= 15 is 0 Å². The van der Waals surface area contributed by atoms with Crippen LogP contribution >= 0.6 is 0 Å².